The third kappa shape index (κ3) is 5.09. The molecule has 1 fully saturated rings. The fourth-order valence-corrected chi connectivity index (χ4v) is 2.47. The lowest BCUT2D eigenvalue weighted by Gasteiger charge is -2.39. The summed E-state index contributed by atoms with van der Waals surface area (Å²) >= 11 is 0. The monoisotopic (exact) mass is 270 g/mol. The summed E-state index contributed by atoms with van der Waals surface area (Å²) in [6.07, 6.45) is 2.84. The maximum Gasteiger partial charge on any atom is 0.239 e. The van der Waals surface area contributed by atoms with Gasteiger partial charge in [-0.3, -0.25) is 4.79 Å². The van der Waals surface area contributed by atoms with Gasteiger partial charge in [-0.05, 0) is 53.5 Å². The molecule has 0 aromatic rings. The first-order valence-electron chi connectivity index (χ1n) is 7.35. The second-order valence-corrected chi connectivity index (χ2v) is 5.88. The SMILES string of the molecule is CCC(N)C(=O)N(CCN(C)C)C1CCN(C)CC1. The molecule has 2 N–H and O–H groups in total. The van der Waals surface area contributed by atoms with Crippen LogP contribution in [0.3, 0.4) is 0 Å². The summed E-state index contributed by atoms with van der Waals surface area (Å²) < 4.78 is 0. The Bertz CT molecular complexity index is 275. The molecule has 1 rings (SSSR count). The molecule has 1 saturated heterocycles. The highest BCUT2D eigenvalue weighted by molar-refractivity contribution is 5.81. The Hall–Kier alpha value is -0.650. The van der Waals surface area contributed by atoms with Gasteiger partial charge in [0.05, 0.1) is 6.04 Å². The van der Waals surface area contributed by atoms with Gasteiger partial charge in [0.1, 0.15) is 0 Å². The first-order chi connectivity index (χ1) is 8.95. The van der Waals surface area contributed by atoms with Crippen LogP contribution < -0.4 is 5.73 Å². The number of carbonyl (C=O) groups is 1. The van der Waals surface area contributed by atoms with Crippen molar-refractivity contribution in [3.8, 4) is 0 Å². The van der Waals surface area contributed by atoms with Crippen molar-refractivity contribution in [3.63, 3.8) is 0 Å². The molecular formula is C14H30N4O. The molecule has 19 heavy (non-hydrogen) atoms. The molecule has 0 spiro atoms. The number of nitrogens with zero attached hydrogens (tertiary/aromatic N) is 3. The summed E-state index contributed by atoms with van der Waals surface area (Å²) in [5.41, 5.74) is 5.94. The second kappa shape index (κ2) is 7.82. The predicted octanol–water partition coefficient (Wildman–Crippen LogP) is 0.208. The molecule has 1 amide bonds. The highest BCUT2D eigenvalue weighted by Crippen LogP contribution is 2.16. The molecule has 0 aromatic heterocycles. The van der Waals surface area contributed by atoms with Crippen LogP contribution in [0.5, 0.6) is 0 Å². The van der Waals surface area contributed by atoms with E-state index in [2.05, 4.69) is 16.8 Å². The average molecular weight is 270 g/mol. The van der Waals surface area contributed by atoms with Crippen molar-refractivity contribution in [2.75, 3.05) is 47.3 Å². The topological polar surface area (TPSA) is 52.8 Å². The van der Waals surface area contributed by atoms with E-state index in [1.54, 1.807) is 0 Å². The van der Waals surface area contributed by atoms with E-state index in [9.17, 15) is 4.79 Å². The van der Waals surface area contributed by atoms with Crippen molar-refractivity contribution in [3.05, 3.63) is 0 Å². The van der Waals surface area contributed by atoms with Crippen molar-refractivity contribution >= 4 is 5.91 Å². The molecule has 1 unspecified atom stereocenters. The van der Waals surface area contributed by atoms with Crippen LogP contribution in [0.15, 0.2) is 0 Å². The van der Waals surface area contributed by atoms with Crippen molar-refractivity contribution < 1.29 is 4.79 Å². The zero-order chi connectivity index (χ0) is 14.4. The van der Waals surface area contributed by atoms with Crippen LogP contribution in [0.2, 0.25) is 0 Å². The molecule has 0 bridgehead atoms. The maximum absolute atomic E-state index is 12.4. The van der Waals surface area contributed by atoms with Gasteiger partial charge in [-0.25, -0.2) is 0 Å². The van der Waals surface area contributed by atoms with Crippen LogP contribution in [0.25, 0.3) is 0 Å². The molecule has 0 saturated carbocycles. The number of nitrogens with two attached hydrogens (primary N) is 1. The zero-order valence-electron chi connectivity index (χ0n) is 12.9. The molecule has 5 heteroatoms. The minimum atomic E-state index is -0.346. The summed E-state index contributed by atoms with van der Waals surface area (Å²) in [6, 6.07) is 0.0167. The smallest absolute Gasteiger partial charge is 0.239 e. The summed E-state index contributed by atoms with van der Waals surface area (Å²) in [5, 5.41) is 0. The average Bonchev–Trinajstić information content (AvgIpc) is 2.39. The third-order valence-corrected chi connectivity index (χ3v) is 3.96. The Morgan fingerprint density at radius 1 is 1.32 bits per heavy atom. The number of likely N-dealkylation sites (tertiary alicyclic amines) is 1. The van der Waals surface area contributed by atoms with Crippen molar-refractivity contribution in [2.45, 2.75) is 38.3 Å². The molecule has 0 radical (unpaired) electrons. The van der Waals surface area contributed by atoms with Gasteiger partial charge in [0, 0.05) is 19.1 Å². The minimum absolute atomic E-state index is 0.124. The van der Waals surface area contributed by atoms with Gasteiger partial charge >= 0.3 is 0 Å². The molecule has 0 aromatic carbocycles. The van der Waals surface area contributed by atoms with Crippen LogP contribution in [0.4, 0.5) is 0 Å². The molecule has 1 aliphatic rings. The van der Waals surface area contributed by atoms with E-state index in [1.807, 2.05) is 25.9 Å². The summed E-state index contributed by atoms with van der Waals surface area (Å²) in [5.74, 6) is 0.124. The van der Waals surface area contributed by atoms with Crippen LogP contribution in [0.1, 0.15) is 26.2 Å². The van der Waals surface area contributed by atoms with Crippen molar-refractivity contribution in [1.82, 2.24) is 14.7 Å². The lowest BCUT2D eigenvalue weighted by atomic mass is 10.0. The van der Waals surface area contributed by atoms with Crippen LogP contribution in [0, 0.1) is 0 Å². The zero-order valence-corrected chi connectivity index (χ0v) is 12.9. The van der Waals surface area contributed by atoms with Gasteiger partial charge in [0.25, 0.3) is 0 Å². The number of carbonyl (C=O) groups excluding carboxylic acids is 1. The highest BCUT2D eigenvalue weighted by Gasteiger charge is 2.29. The molecule has 1 atom stereocenters. The van der Waals surface area contributed by atoms with Gasteiger partial charge < -0.3 is 20.4 Å². The molecule has 1 heterocycles. The van der Waals surface area contributed by atoms with E-state index in [0.717, 1.165) is 39.0 Å². The van der Waals surface area contributed by atoms with Crippen LogP contribution in [-0.2, 0) is 4.79 Å². The predicted molar refractivity (Wildman–Crippen MR) is 79.1 cm³/mol. The first-order valence-corrected chi connectivity index (χ1v) is 7.35. The normalized spacial score (nSPS) is 19.7. The Kier molecular flexibility index (Phi) is 6.75. The van der Waals surface area contributed by atoms with Gasteiger partial charge in [-0.15, -0.1) is 0 Å². The van der Waals surface area contributed by atoms with Crippen LogP contribution >= 0.6 is 0 Å². The van der Waals surface area contributed by atoms with E-state index >= 15 is 0 Å². The molecule has 0 aliphatic carbocycles. The Morgan fingerprint density at radius 2 is 1.89 bits per heavy atom. The Labute approximate surface area is 117 Å². The highest BCUT2D eigenvalue weighted by atomic mass is 16.2. The number of amides is 1. The van der Waals surface area contributed by atoms with E-state index < -0.39 is 0 Å². The number of hydrogen-bond donors (Lipinski definition) is 1. The number of hydrogen-bond acceptors (Lipinski definition) is 4. The Morgan fingerprint density at radius 3 is 2.37 bits per heavy atom. The molecular weight excluding hydrogens is 240 g/mol. The van der Waals surface area contributed by atoms with Gasteiger partial charge in [-0.1, -0.05) is 6.92 Å². The lowest BCUT2D eigenvalue weighted by molar-refractivity contribution is -0.136. The number of rotatable bonds is 6. The summed E-state index contributed by atoms with van der Waals surface area (Å²) in [4.78, 5) is 18.9. The minimum Gasteiger partial charge on any atom is -0.337 e. The fourth-order valence-electron chi connectivity index (χ4n) is 2.47. The number of likely N-dealkylation sites (N-methyl/N-ethyl adjacent to an activating group) is 1. The third-order valence-electron chi connectivity index (χ3n) is 3.96. The number of piperidine rings is 1. The van der Waals surface area contributed by atoms with Gasteiger partial charge in [0.15, 0.2) is 0 Å². The summed E-state index contributed by atoms with van der Waals surface area (Å²) in [7, 11) is 6.22. The second-order valence-electron chi connectivity index (χ2n) is 5.88. The van der Waals surface area contributed by atoms with E-state index in [1.165, 1.54) is 0 Å². The molecule has 1 aliphatic heterocycles. The van der Waals surface area contributed by atoms with E-state index in [0.29, 0.717) is 12.5 Å². The maximum atomic E-state index is 12.4. The largest absolute Gasteiger partial charge is 0.337 e. The fraction of sp³-hybridized carbons (Fsp3) is 0.929. The van der Waals surface area contributed by atoms with Crippen LogP contribution in [-0.4, -0.2) is 80.0 Å². The van der Waals surface area contributed by atoms with Gasteiger partial charge in [-0.2, -0.15) is 0 Å². The Balaban J connectivity index is 2.65. The first kappa shape index (κ1) is 16.4. The van der Waals surface area contributed by atoms with E-state index in [4.69, 9.17) is 5.73 Å². The quantitative estimate of drug-likeness (QED) is 0.749. The summed E-state index contributed by atoms with van der Waals surface area (Å²) in [6.45, 7) is 5.79. The standard InChI is InChI=1S/C14H30N4O/c1-5-13(15)14(19)18(11-10-16(2)3)12-6-8-17(4)9-7-12/h12-13H,5-11,15H2,1-4H3. The van der Waals surface area contributed by atoms with Gasteiger partial charge in [0.2, 0.25) is 5.91 Å². The van der Waals surface area contributed by atoms with Crippen molar-refractivity contribution in [2.24, 2.45) is 5.73 Å². The van der Waals surface area contributed by atoms with E-state index in [-0.39, 0.29) is 11.9 Å². The molecule has 5 nitrogen and oxygen atoms in total. The van der Waals surface area contributed by atoms with Crippen molar-refractivity contribution in [1.29, 1.82) is 0 Å². The molecule has 112 valence electrons. The lowest BCUT2D eigenvalue weighted by Crippen LogP contribution is -2.53.